The second kappa shape index (κ2) is 13.0. The molecule has 0 saturated carbocycles. The van der Waals surface area contributed by atoms with Crippen LogP contribution in [0.1, 0.15) is 39.2 Å². The largest absolute Gasteiger partial charge is 0.379 e. The highest BCUT2D eigenvalue weighted by molar-refractivity contribution is 5.79. The molecule has 0 aromatic carbocycles. The molecule has 2 aliphatic rings. The summed E-state index contributed by atoms with van der Waals surface area (Å²) < 4.78 is 11.2. The van der Waals surface area contributed by atoms with Crippen LogP contribution in [0.2, 0.25) is 0 Å². The maximum Gasteiger partial charge on any atom is 0.191 e. The first-order valence-corrected chi connectivity index (χ1v) is 12.2. The van der Waals surface area contributed by atoms with Crippen molar-refractivity contribution >= 4 is 11.8 Å². The first-order chi connectivity index (χ1) is 15.6. The van der Waals surface area contributed by atoms with Crippen molar-refractivity contribution in [2.45, 2.75) is 52.3 Å². The van der Waals surface area contributed by atoms with Gasteiger partial charge < -0.3 is 25.0 Å². The average molecular weight is 447 g/mol. The highest BCUT2D eigenvalue weighted by Crippen LogP contribution is 2.20. The van der Waals surface area contributed by atoms with Gasteiger partial charge in [0, 0.05) is 58.6 Å². The highest BCUT2D eigenvalue weighted by Gasteiger charge is 2.27. The zero-order valence-electron chi connectivity index (χ0n) is 20.3. The number of aliphatic imine (C=N–C) groups is 1. The molecule has 0 radical (unpaired) electrons. The Morgan fingerprint density at radius 1 is 1.16 bits per heavy atom. The molecule has 3 rings (SSSR count). The minimum absolute atomic E-state index is 0.252. The van der Waals surface area contributed by atoms with Crippen molar-refractivity contribution in [3.63, 3.8) is 0 Å². The minimum Gasteiger partial charge on any atom is -0.379 e. The Bertz CT molecular complexity index is 688. The van der Waals surface area contributed by atoms with E-state index in [4.69, 9.17) is 9.47 Å². The molecule has 0 amide bonds. The topological polar surface area (TPSA) is 74.2 Å². The Morgan fingerprint density at radius 3 is 2.56 bits per heavy atom. The number of anilines is 1. The van der Waals surface area contributed by atoms with E-state index in [-0.39, 0.29) is 6.10 Å². The second-order valence-corrected chi connectivity index (χ2v) is 8.75. The van der Waals surface area contributed by atoms with Gasteiger partial charge in [-0.15, -0.1) is 0 Å². The maximum atomic E-state index is 5.63. The summed E-state index contributed by atoms with van der Waals surface area (Å²) in [7, 11) is 1.83. The van der Waals surface area contributed by atoms with Crippen LogP contribution < -0.4 is 15.5 Å². The lowest BCUT2D eigenvalue weighted by molar-refractivity contribution is 0.00272. The van der Waals surface area contributed by atoms with Gasteiger partial charge in [0.05, 0.1) is 25.9 Å². The smallest absolute Gasteiger partial charge is 0.191 e. The van der Waals surface area contributed by atoms with Gasteiger partial charge in [-0.25, -0.2) is 4.98 Å². The van der Waals surface area contributed by atoms with Gasteiger partial charge in [0.1, 0.15) is 5.82 Å². The molecule has 2 saturated heterocycles. The molecule has 2 N–H and O–H groups in total. The molecule has 0 bridgehead atoms. The standard InChI is InChI=1S/C24H42N6O2/c1-5-21(6-2)22(29-9-12-31-13-10-29)17-28-24(25-4)27-16-20-7-8-23(26-15-20)30-11-14-32-19(3)18-30/h7-8,15,19,21-22H,5-6,9-14,16-18H2,1-4H3,(H2,25,27,28). The van der Waals surface area contributed by atoms with Gasteiger partial charge in [-0.3, -0.25) is 9.89 Å². The number of guanidine groups is 1. The van der Waals surface area contributed by atoms with E-state index >= 15 is 0 Å². The van der Waals surface area contributed by atoms with Crippen LogP contribution in [-0.2, 0) is 16.0 Å². The number of hydrogen-bond acceptors (Lipinski definition) is 6. The molecule has 2 atom stereocenters. The summed E-state index contributed by atoms with van der Waals surface area (Å²) in [5.74, 6) is 2.52. The van der Waals surface area contributed by atoms with E-state index < -0.39 is 0 Å². The molecule has 0 spiro atoms. The fraction of sp³-hybridized carbons (Fsp3) is 0.750. The number of nitrogens with zero attached hydrogens (tertiary/aromatic N) is 4. The molecule has 180 valence electrons. The number of rotatable bonds is 9. The molecule has 2 fully saturated rings. The summed E-state index contributed by atoms with van der Waals surface area (Å²) in [6, 6.07) is 4.74. The first-order valence-electron chi connectivity index (χ1n) is 12.2. The maximum absolute atomic E-state index is 5.63. The molecule has 1 aromatic heterocycles. The quantitative estimate of drug-likeness (QED) is 0.445. The van der Waals surface area contributed by atoms with Crippen LogP contribution >= 0.6 is 0 Å². The second-order valence-electron chi connectivity index (χ2n) is 8.75. The van der Waals surface area contributed by atoms with E-state index in [0.717, 1.165) is 69.9 Å². The number of pyridine rings is 1. The van der Waals surface area contributed by atoms with Crippen LogP contribution in [0, 0.1) is 5.92 Å². The number of ether oxygens (including phenoxy) is 2. The number of nitrogens with one attached hydrogen (secondary N) is 2. The fourth-order valence-electron chi connectivity index (χ4n) is 4.68. The lowest BCUT2D eigenvalue weighted by atomic mass is 9.92. The first kappa shape index (κ1) is 24.7. The van der Waals surface area contributed by atoms with Crippen LogP contribution in [0.3, 0.4) is 0 Å². The minimum atomic E-state index is 0.252. The van der Waals surface area contributed by atoms with Gasteiger partial charge >= 0.3 is 0 Å². The molecule has 0 aliphatic carbocycles. The van der Waals surface area contributed by atoms with Crippen LogP contribution in [0.15, 0.2) is 23.3 Å². The third kappa shape index (κ3) is 7.05. The van der Waals surface area contributed by atoms with Gasteiger partial charge in [0.2, 0.25) is 0 Å². The van der Waals surface area contributed by atoms with E-state index in [1.54, 1.807) is 0 Å². The van der Waals surface area contributed by atoms with Gasteiger partial charge in [-0.05, 0) is 24.5 Å². The van der Waals surface area contributed by atoms with Gasteiger partial charge in [0.15, 0.2) is 5.96 Å². The van der Waals surface area contributed by atoms with Crippen molar-refractivity contribution in [1.82, 2.24) is 20.5 Å². The third-order valence-electron chi connectivity index (χ3n) is 6.64. The molecule has 32 heavy (non-hydrogen) atoms. The molecule has 8 nitrogen and oxygen atoms in total. The van der Waals surface area contributed by atoms with Gasteiger partial charge in [-0.2, -0.15) is 0 Å². The average Bonchev–Trinajstić information content (AvgIpc) is 2.84. The van der Waals surface area contributed by atoms with Gasteiger partial charge in [-0.1, -0.05) is 32.8 Å². The van der Waals surface area contributed by atoms with Crippen molar-refractivity contribution in [1.29, 1.82) is 0 Å². The van der Waals surface area contributed by atoms with E-state index in [2.05, 4.69) is 63.3 Å². The summed E-state index contributed by atoms with van der Waals surface area (Å²) in [5.41, 5.74) is 1.14. The lowest BCUT2D eigenvalue weighted by Crippen LogP contribution is -2.53. The van der Waals surface area contributed by atoms with E-state index in [1.807, 2.05) is 13.2 Å². The Morgan fingerprint density at radius 2 is 1.94 bits per heavy atom. The molecule has 1 aromatic rings. The molecule has 2 unspecified atom stereocenters. The summed E-state index contributed by atoms with van der Waals surface area (Å²) in [6.45, 7) is 14.5. The summed E-state index contributed by atoms with van der Waals surface area (Å²) in [6.07, 6.45) is 4.58. The lowest BCUT2D eigenvalue weighted by Gasteiger charge is -2.39. The van der Waals surface area contributed by atoms with Gasteiger partial charge in [0.25, 0.3) is 0 Å². The predicted molar refractivity (Wildman–Crippen MR) is 130 cm³/mol. The summed E-state index contributed by atoms with van der Waals surface area (Å²) in [5, 5.41) is 7.02. The monoisotopic (exact) mass is 446 g/mol. The van der Waals surface area contributed by atoms with E-state index in [1.165, 1.54) is 12.8 Å². The van der Waals surface area contributed by atoms with Crippen molar-refractivity contribution in [2.75, 3.05) is 64.5 Å². The normalized spacial score (nSPS) is 21.6. The molecule has 8 heteroatoms. The van der Waals surface area contributed by atoms with Crippen LogP contribution in [-0.4, -0.2) is 87.6 Å². The molecular weight excluding hydrogens is 404 g/mol. The predicted octanol–water partition coefficient (Wildman–Crippen LogP) is 2.11. The molecule has 2 aliphatic heterocycles. The highest BCUT2D eigenvalue weighted by atomic mass is 16.5. The van der Waals surface area contributed by atoms with Crippen LogP contribution in [0.25, 0.3) is 0 Å². The number of aromatic nitrogens is 1. The van der Waals surface area contributed by atoms with Crippen molar-refractivity contribution < 1.29 is 9.47 Å². The van der Waals surface area contributed by atoms with Crippen LogP contribution in [0.5, 0.6) is 0 Å². The van der Waals surface area contributed by atoms with E-state index in [0.29, 0.717) is 18.5 Å². The molecule has 3 heterocycles. The zero-order chi connectivity index (χ0) is 22.8. The SMILES string of the molecule is CCC(CC)C(CNC(=NC)NCc1ccc(N2CCOC(C)C2)nc1)N1CCOCC1. The Hall–Kier alpha value is -1.90. The Kier molecular flexibility index (Phi) is 10.0. The zero-order valence-corrected chi connectivity index (χ0v) is 20.3. The fourth-order valence-corrected chi connectivity index (χ4v) is 4.68. The molecular formula is C24H42N6O2. The van der Waals surface area contributed by atoms with Crippen molar-refractivity contribution in [3.05, 3.63) is 23.9 Å². The van der Waals surface area contributed by atoms with Crippen molar-refractivity contribution in [2.24, 2.45) is 10.9 Å². The summed E-state index contributed by atoms with van der Waals surface area (Å²) >= 11 is 0. The third-order valence-corrected chi connectivity index (χ3v) is 6.64. The van der Waals surface area contributed by atoms with E-state index in [9.17, 15) is 0 Å². The van der Waals surface area contributed by atoms with Crippen molar-refractivity contribution in [3.8, 4) is 0 Å². The Balaban J connectivity index is 1.51. The summed E-state index contributed by atoms with van der Waals surface area (Å²) in [4.78, 5) is 14.0. The number of morpholine rings is 2. The van der Waals surface area contributed by atoms with Crippen LogP contribution in [0.4, 0.5) is 5.82 Å². The Labute approximate surface area is 193 Å². The number of hydrogen-bond donors (Lipinski definition) is 2.